The molecule has 0 aliphatic carbocycles. The van der Waals surface area contributed by atoms with E-state index in [1.54, 1.807) is 12.1 Å². The zero-order valence-electron chi connectivity index (χ0n) is 12.8. The number of pyridine rings is 1. The number of aromatic nitrogens is 1. The molecule has 1 spiro atoms. The van der Waals surface area contributed by atoms with Crippen molar-refractivity contribution < 1.29 is 17.9 Å². The molecule has 0 amide bonds. The molecule has 2 aliphatic heterocycles. The lowest BCUT2D eigenvalue weighted by Crippen LogP contribution is -2.54. The molecule has 2 saturated heterocycles. The molecule has 0 radical (unpaired) electrons. The summed E-state index contributed by atoms with van der Waals surface area (Å²) >= 11 is 1.83. The van der Waals surface area contributed by atoms with Gasteiger partial charge in [-0.25, -0.2) is 0 Å². The summed E-state index contributed by atoms with van der Waals surface area (Å²) in [7, 11) is 0. The van der Waals surface area contributed by atoms with Crippen LogP contribution in [-0.4, -0.2) is 47.0 Å². The van der Waals surface area contributed by atoms with E-state index in [0.717, 1.165) is 17.9 Å². The molecular weight excluding hydrogens is 325 g/mol. The van der Waals surface area contributed by atoms with Crippen molar-refractivity contribution in [2.75, 3.05) is 18.1 Å². The number of nitrogens with zero attached hydrogens (tertiary/aromatic N) is 1. The number of thioether (sulfide) groups is 1. The molecule has 2 fully saturated rings. The summed E-state index contributed by atoms with van der Waals surface area (Å²) in [6.45, 7) is 0.540. The highest BCUT2D eigenvalue weighted by Crippen LogP contribution is 2.38. The maximum Gasteiger partial charge on any atom is 0.404 e. The molecule has 0 bridgehead atoms. The van der Waals surface area contributed by atoms with Gasteiger partial charge in [0.25, 0.3) is 0 Å². The third-order valence-electron chi connectivity index (χ3n) is 4.58. The zero-order valence-corrected chi connectivity index (χ0v) is 13.6. The fourth-order valence-electron chi connectivity index (χ4n) is 3.34. The van der Waals surface area contributed by atoms with Crippen molar-refractivity contribution in [3.63, 3.8) is 0 Å². The molecule has 1 aromatic heterocycles. The fraction of sp³-hybridized carbons (Fsp3) is 0.688. The monoisotopic (exact) mass is 346 g/mol. The molecule has 128 valence electrons. The van der Waals surface area contributed by atoms with Crippen LogP contribution in [0.2, 0.25) is 0 Å². The van der Waals surface area contributed by atoms with Crippen molar-refractivity contribution in [3.05, 3.63) is 30.1 Å². The standard InChI is InChI=1S/C16H21F3N2OS/c17-16(18,19)14(9-12-1-5-20-6-2-12)21-13-3-7-22-15(10-13)4-8-23-11-15/h1-2,5-6,13-14,21H,3-4,7-11H2. The molecule has 1 aromatic rings. The van der Waals surface area contributed by atoms with Gasteiger partial charge in [-0.15, -0.1) is 0 Å². The van der Waals surface area contributed by atoms with Gasteiger partial charge in [-0.1, -0.05) is 0 Å². The van der Waals surface area contributed by atoms with Crippen LogP contribution in [0.25, 0.3) is 0 Å². The number of halogens is 3. The van der Waals surface area contributed by atoms with Gasteiger partial charge in [0.1, 0.15) is 6.04 Å². The van der Waals surface area contributed by atoms with E-state index >= 15 is 0 Å². The topological polar surface area (TPSA) is 34.2 Å². The van der Waals surface area contributed by atoms with Crippen molar-refractivity contribution in [3.8, 4) is 0 Å². The Kier molecular flexibility index (Phi) is 5.18. The first-order chi connectivity index (χ1) is 11.0. The molecule has 7 heteroatoms. The molecular formula is C16H21F3N2OS. The SMILES string of the molecule is FC(F)(F)C(Cc1ccncc1)NC1CCOC2(CCSC2)C1. The summed E-state index contributed by atoms with van der Waals surface area (Å²) in [5.41, 5.74) is 0.431. The maximum absolute atomic E-state index is 13.4. The Morgan fingerprint density at radius 3 is 2.83 bits per heavy atom. The van der Waals surface area contributed by atoms with Crippen LogP contribution in [0.4, 0.5) is 13.2 Å². The van der Waals surface area contributed by atoms with E-state index in [0.29, 0.717) is 25.0 Å². The minimum absolute atomic E-state index is 0.0644. The first kappa shape index (κ1) is 17.0. The predicted molar refractivity (Wildman–Crippen MR) is 84.6 cm³/mol. The van der Waals surface area contributed by atoms with Crippen LogP contribution in [0.15, 0.2) is 24.5 Å². The average Bonchev–Trinajstić information content (AvgIpc) is 2.94. The summed E-state index contributed by atoms with van der Waals surface area (Å²) in [6, 6.07) is 1.61. The van der Waals surface area contributed by atoms with Gasteiger partial charge in [0.15, 0.2) is 0 Å². The molecule has 0 saturated carbocycles. The number of alkyl halides is 3. The highest BCUT2D eigenvalue weighted by atomic mass is 32.2. The van der Waals surface area contributed by atoms with Gasteiger partial charge in [-0.3, -0.25) is 4.98 Å². The molecule has 0 aromatic carbocycles. The van der Waals surface area contributed by atoms with Crippen LogP contribution in [-0.2, 0) is 11.2 Å². The lowest BCUT2D eigenvalue weighted by atomic mass is 9.89. The Morgan fingerprint density at radius 1 is 1.39 bits per heavy atom. The number of rotatable bonds is 4. The third-order valence-corrected chi connectivity index (χ3v) is 5.80. The van der Waals surface area contributed by atoms with Crippen molar-refractivity contribution in [1.29, 1.82) is 0 Å². The third kappa shape index (κ3) is 4.39. The Labute approximate surface area is 138 Å². The van der Waals surface area contributed by atoms with E-state index in [9.17, 15) is 13.2 Å². The van der Waals surface area contributed by atoms with E-state index in [1.165, 1.54) is 12.4 Å². The van der Waals surface area contributed by atoms with Crippen LogP contribution < -0.4 is 5.32 Å². The molecule has 3 atom stereocenters. The van der Waals surface area contributed by atoms with Gasteiger partial charge in [-0.2, -0.15) is 24.9 Å². The molecule has 3 unspecified atom stereocenters. The molecule has 1 N–H and O–H groups in total. The number of ether oxygens (including phenoxy) is 1. The highest BCUT2D eigenvalue weighted by Gasteiger charge is 2.45. The maximum atomic E-state index is 13.4. The van der Waals surface area contributed by atoms with Crippen LogP contribution >= 0.6 is 11.8 Å². The second-order valence-corrected chi connectivity index (χ2v) is 7.45. The van der Waals surface area contributed by atoms with E-state index in [2.05, 4.69) is 10.3 Å². The quantitative estimate of drug-likeness (QED) is 0.908. The fourth-order valence-corrected chi connectivity index (χ4v) is 4.72. The Bertz CT molecular complexity index is 506. The molecule has 3 nitrogen and oxygen atoms in total. The van der Waals surface area contributed by atoms with Crippen LogP contribution in [0.3, 0.4) is 0 Å². The smallest absolute Gasteiger partial charge is 0.374 e. The summed E-state index contributed by atoms with van der Waals surface area (Å²) in [6.07, 6.45) is 0.976. The van der Waals surface area contributed by atoms with Crippen molar-refractivity contribution >= 4 is 11.8 Å². The average molecular weight is 346 g/mol. The number of nitrogens with one attached hydrogen (secondary N) is 1. The second kappa shape index (κ2) is 6.99. The van der Waals surface area contributed by atoms with E-state index in [-0.39, 0.29) is 18.1 Å². The first-order valence-electron chi connectivity index (χ1n) is 7.90. The van der Waals surface area contributed by atoms with Crippen LogP contribution in [0, 0.1) is 0 Å². The Hall–Kier alpha value is -0.790. The van der Waals surface area contributed by atoms with Gasteiger partial charge >= 0.3 is 6.18 Å². The minimum Gasteiger partial charge on any atom is -0.374 e. The molecule has 3 heterocycles. The van der Waals surface area contributed by atoms with Gasteiger partial charge in [0, 0.05) is 30.8 Å². The predicted octanol–water partition coefficient (Wildman–Crippen LogP) is 3.20. The second-order valence-electron chi connectivity index (χ2n) is 6.34. The van der Waals surface area contributed by atoms with Crippen molar-refractivity contribution in [2.45, 2.75) is 49.5 Å². The largest absolute Gasteiger partial charge is 0.404 e. The molecule has 23 heavy (non-hydrogen) atoms. The minimum atomic E-state index is -4.26. The lowest BCUT2D eigenvalue weighted by Gasteiger charge is -2.39. The van der Waals surface area contributed by atoms with Gasteiger partial charge in [0.05, 0.1) is 5.60 Å². The molecule has 3 rings (SSSR count). The van der Waals surface area contributed by atoms with E-state index in [1.807, 2.05) is 11.8 Å². The highest BCUT2D eigenvalue weighted by molar-refractivity contribution is 7.99. The number of hydrogen-bond acceptors (Lipinski definition) is 4. The van der Waals surface area contributed by atoms with Gasteiger partial charge in [-0.05, 0) is 49.1 Å². The Balaban J connectivity index is 1.66. The lowest BCUT2D eigenvalue weighted by molar-refractivity contribution is -0.162. The van der Waals surface area contributed by atoms with E-state index < -0.39 is 12.2 Å². The van der Waals surface area contributed by atoms with E-state index in [4.69, 9.17) is 4.74 Å². The van der Waals surface area contributed by atoms with Gasteiger partial charge < -0.3 is 10.1 Å². The van der Waals surface area contributed by atoms with Gasteiger partial charge in [0.2, 0.25) is 0 Å². The van der Waals surface area contributed by atoms with Crippen LogP contribution in [0.5, 0.6) is 0 Å². The summed E-state index contributed by atoms with van der Waals surface area (Å²) in [4.78, 5) is 3.86. The molecule has 2 aliphatic rings. The number of hydrogen-bond donors (Lipinski definition) is 1. The van der Waals surface area contributed by atoms with Crippen molar-refractivity contribution in [2.24, 2.45) is 0 Å². The summed E-state index contributed by atoms with van der Waals surface area (Å²) in [5.74, 6) is 1.93. The normalized spacial score (nSPS) is 29.8. The zero-order chi connectivity index (χ0) is 16.3. The Morgan fingerprint density at radius 2 is 2.17 bits per heavy atom. The van der Waals surface area contributed by atoms with Crippen molar-refractivity contribution in [1.82, 2.24) is 10.3 Å². The van der Waals surface area contributed by atoms with Crippen LogP contribution in [0.1, 0.15) is 24.8 Å². The summed E-state index contributed by atoms with van der Waals surface area (Å²) in [5, 5.41) is 2.86. The summed E-state index contributed by atoms with van der Waals surface area (Å²) < 4.78 is 46.1. The first-order valence-corrected chi connectivity index (χ1v) is 9.06.